The Morgan fingerprint density at radius 3 is 2.56 bits per heavy atom. The first kappa shape index (κ1) is 19.5. The summed E-state index contributed by atoms with van der Waals surface area (Å²) >= 11 is 1.60. The Labute approximate surface area is 163 Å². The number of para-hydroxylation sites is 1. The molecule has 1 aliphatic rings. The number of carboxylic acid groups (broad SMARTS) is 1. The molecule has 27 heavy (non-hydrogen) atoms. The summed E-state index contributed by atoms with van der Waals surface area (Å²) in [5, 5.41) is 12.3. The van der Waals surface area contributed by atoms with E-state index in [9.17, 15) is 14.7 Å². The SMILES string of the molecule is CC1CC(C(=O)O)CN(CC(=O)Nc2ccccc2Sc2ccccc2)C1. The van der Waals surface area contributed by atoms with Crippen LogP contribution in [-0.2, 0) is 9.59 Å². The van der Waals surface area contributed by atoms with Gasteiger partial charge in [0.25, 0.3) is 0 Å². The average Bonchev–Trinajstić information content (AvgIpc) is 2.63. The standard InChI is InChI=1S/C21H24N2O3S/c1-15-11-16(21(25)26)13-23(12-15)14-20(24)22-18-9-5-6-10-19(18)27-17-7-3-2-4-8-17/h2-10,15-16H,11-14H2,1H3,(H,22,24)(H,25,26). The molecule has 0 saturated carbocycles. The van der Waals surface area contributed by atoms with Gasteiger partial charge in [-0.2, -0.15) is 0 Å². The maximum absolute atomic E-state index is 12.6. The third-order valence-electron chi connectivity index (χ3n) is 4.58. The predicted molar refractivity (Wildman–Crippen MR) is 107 cm³/mol. The fourth-order valence-electron chi connectivity index (χ4n) is 3.44. The minimum Gasteiger partial charge on any atom is -0.481 e. The summed E-state index contributed by atoms with van der Waals surface area (Å²) in [6, 6.07) is 17.7. The van der Waals surface area contributed by atoms with Gasteiger partial charge in [-0.25, -0.2) is 0 Å². The summed E-state index contributed by atoms with van der Waals surface area (Å²) in [5.74, 6) is -1.03. The van der Waals surface area contributed by atoms with Gasteiger partial charge in [-0.3, -0.25) is 14.5 Å². The fraction of sp³-hybridized carbons (Fsp3) is 0.333. The van der Waals surface area contributed by atoms with E-state index < -0.39 is 11.9 Å². The number of benzene rings is 2. The molecule has 2 aromatic rings. The van der Waals surface area contributed by atoms with Crippen LogP contribution in [0.3, 0.4) is 0 Å². The van der Waals surface area contributed by atoms with Crippen molar-refractivity contribution in [3.63, 3.8) is 0 Å². The second-order valence-corrected chi connectivity index (χ2v) is 8.14. The predicted octanol–water partition coefficient (Wildman–Crippen LogP) is 3.82. The van der Waals surface area contributed by atoms with Crippen molar-refractivity contribution in [2.75, 3.05) is 25.0 Å². The third-order valence-corrected chi connectivity index (χ3v) is 5.67. The molecule has 2 N–H and O–H groups in total. The second-order valence-electron chi connectivity index (χ2n) is 7.03. The molecule has 0 spiro atoms. The van der Waals surface area contributed by atoms with Crippen LogP contribution in [0.15, 0.2) is 64.4 Å². The Balaban J connectivity index is 1.63. The topological polar surface area (TPSA) is 69.6 Å². The second kappa shape index (κ2) is 9.06. The zero-order valence-electron chi connectivity index (χ0n) is 15.3. The maximum Gasteiger partial charge on any atom is 0.307 e. The molecule has 1 heterocycles. The van der Waals surface area contributed by atoms with Gasteiger partial charge < -0.3 is 10.4 Å². The zero-order chi connectivity index (χ0) is 19.2. The molecule has 6 heteroatoms. The minimum absolute atomic E-state index is 0.116. The number of nitrogens with one attached hydrogen (secondary N) is 1. The molecule has 2 aromatic carbocycles. The van der Waals surface area contributed by atoms with E-state index in [-0.39, 0.29) is 18.4 Å². The highest BCUT2D eigenvalue weighted by molar-refractivity contribution is 7.99. The zero-order valence-corrected chi connectivity index (χ0v) is 16.1. The highest BCUT2D eigenvalue weighted by Gasteiger charge is 2.30. The number of amides is 1. The molecule has 0 aromatic heterocycles. The molecule has 3 rings (SSSR count). The Bertz CT molecular complexity index is 797. The highest BCUT2D eigenvalue weighted by atomic mass is 32.2. The summed E-state index contributed by atoms with van der Waals surface area (Å²) in [7, 11) is 0. The first-order valence-electron chi connectivity index (χ1n) is 9.08. The molecule has 1 amide bonds. The van der Waals surface area contributed by atoms with Gasteiger partial charge in [0.2, 0.25) is 5.91 Å². The van der Waals surface area contributed by atoms with Crippen molar-refractivity contribution in [1.29, 1.82) is 0 Å². The molecule has 1 saturated heterocycles. The molecule has 142 valence electrons. The summed E-state index contributed by atoms with van der Waals surface area (Å²) in [4.78, 5) is 27.9. The van der Waals surface area contributed by atoms with Crippen molar-refractivity contribution in [2.24, 2.45) is 11.8 Å². The summed E-state index contributed by atoms with van der Waals surface area (Å²) in [6.07, 6.45) is 0.671. The number of likely N-dealkylation sites (tertiary alicyclic amines) is 1. The third kappa shape index (κ3) is 5.58. The number of hydrogen-bond donors (Lipinski definition) is 2. The van der Waals surface area contributed by atoms with E-state index in [2.05, 4.69) is 5.32 Å². The van der Waals surface area contributed by atoms with Crippen LogP contribution in [0.4, 0.5) is 5.69 Å². The molecule has 1 fully saturated rings. The number of rotatable bonds is 6. The Hall–Kier alpha value is -2.31. The smallest absolute Gasteiger partial charge is 0.307 e. The van der Waals surface area contributed by atoms with Gasteiger partial charge in [0.15, 0.2) is 0 Å². The van der Waals surface area contributed by atoms with Crippen LogP contribution in [0, 0.1) is 11.8 Å². The van der Waals surface area contributed by atoms with Gasteiger partial charge in [-0.15, -0.1) is 0 Å². The molecule has 2 atom stereocenters. The maximum atomic E-state index is 12.6. The lowest BCUT2D eigenvalue weighted by Crippen LogP contribution is -2.45. The molecule has 1 aliphatic heterocycles. The lowest BCUT2D eigenvalue weighted by Gasteiger charge is -2.34. The highest BCUT2D eigenvalue weighted by Crippen LogP contribution is 2.33. The summed E-state index contributed by atoms with van der Waals surface area (Å²) < 4.78 is 0. The Morgan fingerprint density at radius 1 is 1.11 bits per heavy atom. The first-order valence-corrected chi connectivity index (χ1v) is 9.90. The number of anilines is 1. The van der Waals surface area contributed by atoms with Crippen molar-refractivity contribution in [2.45, 2.75) is 23.1 Å². The number of nitrogens with zero attached hydrogens (tertiary/aromatic N) is 1. The quantitative estimate of drug-likeness (QED) is 0.792. The number of carbonyl (C=O) groups excluding carboxylic acids is 1. The van der Waals surface area contributed by atoms with Gasteiger partial charge in [0.1, 0.15) is 0 Å². The van der Waals surface area contributed by atoms with E-state index in [1.807, 2.05) is 66.4 Å². The summed E-state index contributed by atoms with van der Waals surface area (Å²) in [5.41, 5.74) is 0.774. The molecule has 2 unspecified atom stereocenters. The van der Waals surface area contributed by atoms with E-state index in [0.717, 1.165) is 22.0 Å². The lowest BCUT2D eigenvalue weighted by molar-refractivity contribution is -0.144. The van der Waals surface area contributed by atoms with Crippen LogP contribution >= 0.6 is 11.8 Å². The van der Waals surface area contributed by atoms with Crippen molar-refractivity contribution < 1.29 is 14.7 Å². The number of carboxylic acids is 1. The van der Waals surface area contributed by atoms with Gasteiger partial charge in [0, 0.05) is 22.9 Å². The Kier molecular flexibility index (Phi) is 6.53. The molecular formula is C21H24N2O3S. The van der Waals surface area contributed by atoms with Crippen LogP contribution < -0.4 is 5.32 Å². The van der Waals surface area contributed by atoms with Crippen molar-refractivity contribution >= 4 is 29.3 Å². The van der Waals surface area contributed by atoms with Crippen LogP contribution in [0.5, 0.6) is 0 Å². The first-order chi connectivity index (χ1) is 13.0. The van der Waals surface area contributed by atoms with Crippen LogP contribution in [0.1, 0.15) is 13.3 Å². The van der Waals surface area contributed by atoms with Crippen molar-refractivity contribution in [1.82, 2.24) is 4.90 Å². The van der Waals surface area contributed by atoms with E-state index in [4.69, 9.17) is 0 Å². The van der Waals surface area contributed by atoms with Crippen molar-refractivity contribution in [3.8, 4) is 0 Å². The number of piperidine rings is 1. The molecule has 0 radical (unpaired) electrons. The molecule has 0 bridgehead atoms. The number of carbonyl (C=O) groups is 2. The van der Waals surface area contributed by atoms with E-state index in [1.165, 1.54) is 0 Å². The normalized spacial score (nSPS) is 20.2. The van der Waals surface area contributed by atoms with E-state index in [1.54, 1.807) is 11.8 Å². The van der Waals surface area contributed by atoms with Gasteiger partial charge in [-0.1, -0.05) is 49.0 Å². The fourth-order valence-corrected chi connectivity index (χ4v) is 4.36. The van der Waals surface area contributed by atoms with Crippen LogP contribution in [0.25, 0.3) is 0 Å². The number of hydrogen-bond acceptors (Lipinski definition) is 4. The van der Waals surface area contributed by atoms with Gasteiger partial charge in [-0.05, 0) is 36.6 Å². The monoisotopic (exact) mass is 384 g/mol. The van der Waals surface area contributed by atoms with E-state index >= 15 is 0 Å². The lowest BCUT2D eigenvalue weighted by atomic mass is 9.90. The van der Waals surface area contributed by atoms with Gasteiger partial charge in [0.05, 0.1) is 18.2 Å². The Morgan fingerprint density at radius 2 is 1.81 bits per heavy atom. The molecular weight excluding hydrogens is 360 g/mol. The van der Waals surface area contributed by atoms with Crippen molar-refractivity contribution in [3.05, 3.63) is 54.6 Å². The minimum atomic E-state index is -0.781. The molecule has 5 nitrogen and oxygen atoms in total. The summed E-state index contributed by atoms with van der Waals surface area (Å²) in [6.45, 7) is 3.41. The number of aliphatic carboxylic acids is 1. The average molecular weight is 385 g/mol. The van der Waals surface area contributed by atoms with Crippen LogP contribution in [0.2, 0.25) is 0 Å². The largest absolute Gasteiger partial charge is 0.481 e. The van der Waals surface area contributed by atoms with Crippen LogP contribution in [-0.4, -0.2) is 41.5 Å². The molecule has 0 aliphatic carbocycles. The van der Waals surface area contributed by atoms with E-state index in [0.29, 0.717) is 13.0 Å². The van der Waals surface area contributed by atoms with Gasteiger partial charge >= 0.3 is 5.97 Å².